The van der Waals surface area contributed by atoms with Crippen LogP contribution in [0, 0.1) is 5.92 Å². The van der Waals surface area contributed by atoms with Gasteiger partial charge in [-0.15, -0.1) is 0 Å². The molecule has 0 bridgehead atoms. The molecule has 128 valence electrons. The highest BCUT2D eigenvalue weighted by molar-refractivity contribution is 5.79. The van der Waals surface area contributed by atoms with Crippen LogP contribution in [0.5, 0.6) is 17.2 Å². The first-order valence-corrected chi connectivity index (χ1v) is 7.17. The van der Waals surface area contributed by atoms with Gasteiger partial charge in [0.15, 0.2) is 11.5 Å². The zero-order valence-corrected chi connectivity index (χ0v) is 13.2. The van der Waals surface area contributed by atoms with E-state index in [0.29, 0.717) is 17.1 Å². The second-order valence-corrected chi connectivity index (χ2v) is 5.53. The van der Waals surface area contributed by atoms with Gasteiger partial charge in [0.05, 0.1) is 5.92 Å². The Balaban J connectivity index is 2.22. The van der Waals surface area contributed by atoms with Crippen molar-refractivity contribution in [3.63, 3.8) is 0 Å². The van der Waals surface area contributed by atoms with Gasteiger partial charge in [-0.05, 0) is 13.0 Å². The molecule has 0 saturated carbocycles. The molecule has 0 fully saturated rings. The third kappa shape index (κ3) is 4.01. The monoisotopic (exact) mass is 330 g/mol. The summed E-state index contributed by atoms with van der Waals surface area (Å²) in [7, 11) is 1.58. The van der Waals surface area contributed by atoms with Crippen molar-refractivity contribution in [2.45, 2.75) is 33.0 Å². The molecular formula is C15H20F2N2O4. The molecule has 0 aromatic heterocycles. The van der Waals surface area contributed by atoms with Crippen LogP contribution in [0.1, 0.15) is 19.4 Å². The number of fused-ring (bicyclic) bond motifs is 1. The van der Waals surface area contributed by atoms with Crippen molar-refractivity contribution < 1.29 is 27.8 Å². The maximum atomic E-state index is 12.6. The molecule has 1 aliphatic rings. The van der Waals surface area contributed by atoms with E-state index < -0.39 is 6.61 Å². The van der Waals surface area contributed by atoms with Gasteiger partial charge < -0.3 is 24.8 Å². The smallest absolute Gasteiger partial charge is 0.387 e. The number of ether oxygens (including phenoxy) is 3. The van der Waals surface area contributed by atoms with Crippen molar-refractivity contribution >= 4 is 5.91 Å². The number of hydrogen-bond acceptors (Lipinski definition) is 5. The number of nitrogens with two attached hydrogens (primary N) is 1. The SMILES string of the molecule is CC(N)C(C)C(=O)N(C)Cc1cc2c(cc1OC(F)F)OCO2. The van der Waals surface area contributed by atoms with E-state index >= 15 is 0 Å². The minimum absolute atomic E-state index is 0.0173. The summed E-state index contributed by atoms with van der Waals surface area (Å²) in [5.41, 5.74) is 6.13. The average molecular weight is 330 g/mol. The van der Waals surface area contributed by atoms with Gasteiger partial charge in [0.1, 0.15) is 5.75 Å². The molecule has 23 heavy (non-hydrogen) atoms. The standard InChI is InChI=1S/C15H20F2N2O4/c1-8(9(2)18)14(20)19(3)6-10-4-12-13(22-7-21-12)5-11(10)23-15(16)17/h4-5,8-9,15H,6-7,18H2,1-3H3. The van der Waals surface area contributed by atoms with Gasteiger partial charge in [-0.3, -0.25) is 4.79 Å². The summed E-state index contributed by atoms with van der Waals surface area (Å²) in [6.07, 6.45) is 0. The van der Waals surface area contributed by atoms with Crippen molar-refractivity contribution in [2.75, 3.05) is 13.8 Å². The van der Waals surface area contributed by atoms with E-state index in [-0.39, 0.29) is 37.0 Å². The Kier molecular flexibility index (Phi) is 5.25. The molecule has 0 aliphatic carbocycles. The number of benzene rings is 1. The van der Waals surface area contributed by atoms with Gasteiger partial charge in [0, 0.05) is 31.3 Å². The lowest BCUT2D eigenvalue weighted by Gasteiger charge is -2.24. The Morgan fingerprint density at radius 1 is 1.35 bits per heavy atom. The fraction of sp³-hybridized carbons (Fsp3) is 0.533. The fourth-order valence-electron chi connectivity index (χ4n) is 2.20. The Labute approximate surface area is 133 Å². The summed E-state index contributed by atoms with van der Waals surface area (Å²) in [6.45, 7) is 0.595. The molecule has 1 aromatic rings. The molecule has 2 N–H and O–H groups in total. The number of amides is 1. The van der Waals surface area contributed by atoms with E-state index in [2.05, 4.69) is 4.74 Å². The van der Waals surface area contributed by atoms with Crippen LogP contribution in [0.3, 0.4) is 0 Å². The van der Waals surface area contributed by atoms with Crippen LogP contribution in [0.25, 0.3) is 0 Å². The maximum Gasteiger partial charge on any atom is 0.387 e. The Morgan fingerprint density at radius 3 is 2.52 bits per heavy atom. The highest BCUT2D eigenvalue weighted by Gasteiger charge is 2.24. The molecular weight excluding hydrogens is 310 g/mol. The third-order valence-corrected chi connectivity index (χ3v) is 3.73. The molecule has 8 heteroatoms. The highest BCUT2D eigenvalue weighted by Crippen LogP contribution is 2.39. The van der Waals surface area contributed by atoms with Gasteiger partial charge in [0.25, 0.3) is 0 Å². The minimum atomic E-state index is -2.97. The molecule has 2 atom stereocenters. The van der Waals surface area contributed by atoms with Crippen LogP contribution in [-0.4, -0.2) is 37.3 Å². The molecule has 1 aliphatic heterocycles. The lowest BCUT2D eigenvalue weighted by Crippen LogP contribution is -2.39. The van der Waals surface area contributed by atoms with Gasteiger partial charge in [-0.25, -0.2) is 0 Å². The maximum absolute atomic E-state index is 12.6. The predicted octanol–water partition coefficient (Wildman–Crippen LogP) is 1.96. The molecule has 0 saturated heterocycles. The van der Waals surface area contributed by atoms with Crippen LogP contribution in [0.2, 0.25) is 0 Å². The summed E-state index contributed by atoms with van der Waals surface area (Å²) >= 11 is 0. The second kappa shape index (κ2) is 6.99. The zero-order valence-electron chi connectivity index (χ0n) is 13.2. The summed E-state index contributed by atoms with van der Waals surface area (Å²) < 4.78 is 40.1. The van der Waals surface area contributed by atoms with E-state index in [4.69, 9.17) is 15.2 Å². The largest absolute Gasteiger partial charge is 0.454 e. The fourth-order valence-corrected chi connectivity index (χ4v) is 2.20. The molecule has 1 heterocycles. The van der Waals surface area contributed by atoms with Crippen LogP contribution >= 0.6 is 0 Å². The van der Waals surface area contributed by atoms with E-state index in [1.54, 1.807) is 27.0 Å². The molecule has 1 amide bonds. The van der Waals surface area contributed by atoms with Gasteiger partial charge in [-0.1, -0.05) is 6.92 Å². The first kappa shape index (κ1) is 17.3. The van der Waals surface area contributed by atoms with Crippen LogP contribution < -0.4 is 19.9 Å². The number of carbonyl (C=O) groups is 1. The molecule has 6 nitrogen and oxygen atoms in total. The summed E-state index contributed by atoms with van der Waals surface area (Å²) in [5, 5.41) is 0. The molecule has 2 rings (SSSR count). The average Bonchev–Trinajstić information content (AvgIpc) is 2.92. The number of carbonyl (C=O) groups excluding carboxylic acids is 1. The summed E-state index contributed by atoms with van der Waals surface area (Å²) in [6, 6.07) is 2.58. The van der Waals surface area contributed by atoms with Crippen molar-refractivity contribution in [3.05, 3.63) is 17.7 Å². The van der Waals surface area contributed by atoms with E-state index in [1.807, 2.05) is 0 Å². The predicted molar refractivity (Wildman–Crippen MR) is 78.5 cm³/mol. The molecule has 0 radical (unpaired) electrons. The van der Waals surface area contributed by atoms with E-state index in [9.17, 15) is 13.6 Å². The topological polar surface area (TPSA) is 74.0 Å². The van der Waals surface area contributed by atoms with E-state index in [1.165, 1.54) is 11.0 Å². The lowest BCUT2D eigenvalue weighted by atomic mass is 10.0. The van der Waals surface area contributed by atoms with E-state index in [0.717, 1.165) is 0 Å². The van der Waals surface area contributed by atoms with Crippen molar-refractivity contribution in [1.82, 2.24) is 4.90 Å². The molecule has 1 aromatic carbocycles. The number of alkyl halides is 2. The Bertz CT molecular complexity index is 581. The first-order chi connectivity index (χ1) is 10.8. The Morgan fingerprint density at radius 2 is 1.96 bits per heavy atom. The normalized spacial score (nSPS) is 15.4. The van der Waals surface area contributed by atoms with Crippen LogP contribution in [-0.2, 0) is 11.3 Å². The highest BCUT2D eigenvalue weighted by atomic mass is 19.3. The number of nitrogens with zero attached hydrogens (tertiary/aromatic N) is 1. The summed E-state index contributed by atoms with van der Waals surface area (Å²) in [4.78, 5) is 13.7. The molecule has 2 unspecified atom stereocenters. The van der Waals surface area contributed by atoms with Gasteiger partial charge in [0.2, 0.25) is 12.7 Å². The minimum Gasteiger partial charge on any atom is -0.454 e. The van der Waals surface area contributed by atoms with Crippen LogP contribution in [0.15, 0.2) is 12.1 Å². The van der Waals surface area contributed by atoms with Crippen molar-refractivity contribution in [2.24, 2.45) is 11.7 Å². The van der Waals surface area contributed by atoms with Gasteiger partial charge in [-0.2, -0.15) is 8.78 Å². The molecule has 0 spiro atoms. The number of halogens is 2. The quantitative estimate of drug-likeness (QED) is 0.863. The van der Waals surface area contributed by atoms with Gasteiger partial charge >= 0.3 is 6.61 Å². The zero-order chi connectivity index (χ0) is 17.1. The van der Waals surface area contributed by atoms with Crippen LogP contribution in [0.4, 0.5) is 8.78 Å². The summed E-state index contributed by atoms with van der Waals surface area (Å²) in [5.74, 6) is 0.163. The lowest BCUT2D eigenvalue weighted by molar-refractivity contribution is -0.134. The van der Waals surface area contributed by atoms with Crippen molar-refractivity contribution in [1.29, 1.82) is 0 Å². The first-order valence-electron chi connectivity index (χ1n) is 7.17. The number of rotatable bonds is 6. The second-order valence-electron chi connectivity index (χ2n) is 5.53. The number of hydrogen-bond donors (Lipinski definition) is 1. The third-order valence-electron chi connectivity index (χ3n) is 3.73. The van der Waals surface area contributed by atoms with Crippen molar-refractivity contribution in [3.8, 4) is 17.2 Å². The Hall–Kier alpha value is -2.09.